The van der Waals surface area contributed by atoms with Crippen LogP contribution in [0, 0.1) is 11.5 Å². The summed E-state index contributed by atoms with van der Waals surface area (Å²) in [6.45, 7) is 12.3. The van der Waals surface area contributed by atoms with E-state index in [4.69, 9.17) is 4.74 Å². The van der Waals surface area contributed by atoms with Crippen LogP contribution >= 0.6 is 0 Å². The lowest BCUT2D eigenvalue weighted by molar-refractivity contribution is -0.148. The number of carbonyl (C=O) groups is 1. The minimum Gasteiger partial charge on any atom is -0.457 e. The maximum absolute atomic E-state index is 11.3. The van der Waals surface area contributed by atoms with Crippen LogP contribution in [-0.2, 0) is 9.53 Å². The van der Waals surface area contributed by atoms with Crippen molar-refractivity contribution in [3.63, 3.8) is 0 Å². The van der Waals surface area contributed by atoms with E-state index in [0.717, 1.165) is 19.3 Å². The van der Waals surface area contributed by atoms with Gasteiger partial charge in [0.25, 0.3) is 0 Å². The number of esters is 1. The largest absolute Gasteiger partial charge is 0.457 e. The first-order valence-corrected chi connectivity index (χ1v) is 10.00. The van der Waals surface area contributed by atoms with Crippen molar-refractivity contribution in [2.24, 2.45) is 0 Å². The molecule has 0 saturated carbocycles. The van der Waals surface area contributed by atoms with Crippen molar-refractivity contribution in [2.45, 2.75) is 65.3 Å². The molecule has 0 aromatic carbocycles. The third kappa shape index (κ3) is 13.1. The number of hydrogen-bond acceptors (Lipinski definition) is 2. The van der Waals surface area contributed by atoms with E-state index in [1.165, 1.54) is 6.08 Å². The van der Waals surface area contributed by atoms with Crippen LogP contribution in [-0.4, -0.2) is 19.6 Å². The molecule has 0 radical (unpaired) electrons. The molecule has 0 unspecified atom stereocenters. The summed E-state index contributed by atoms with van der Waals surface area (Å²) in [6.07, 6.45) is 6.15. The third-order valence-electron chi connectivity index (χ3n) is 1.80. The monoisotopic (exact) mass is 266 g/mol. The molecule has 0 bridgehead atoms. The minimum atomic E-state index is -1.22. The standard InChI is InChI=1S/C15H26O2Si/c1-15(2,3)17-14(16)12-10-8-7-9-11-13-18(4,5)6/h10,12H,7-9H2,1-6H3/b12-10+. The SMILES string of the molecule is CC(C)(C)OC(=O)/C=C/CCCC#C[Si](C)(C)C. The Labute approximate surface area is 113 Å². The molecule has 0 aromatic rings. The first kappa shape index (κ1) is 17.0. The van der Waals surface area contributed by atoms with E-state index >= 15 is 0 Å². The van der Waals surface area contributed by atoms with Gasteiger partial charge in [0.1, 0.15) is 13.7 Å². The van der Waals surface area contributed by atoms with Gasteiger partial charge >= 0.3 is 5.97 Å². The van der Waals surface area contributed by atoms with E-state index in [1.54, 1.807) is 0 Å². The Balaban J connectivity index is 3.78. The van der Waals surface area contributed by atoms with Crippen molar-refractivity contribution < 1.29 is 9.53 Å². The van der Waals surface area contributed by atoms with Crippen LogP contribution in [0.15, 0.2) is 12.2 Å². The fraction of sp³-hybridized carbons (Fsp3) is 0.667. The molecular formula is C15H26O2Si. The van der Waals surface area contributed by atoms with Crippen molar-refractivity contribution in [3.05, 3.63) is 12.2 Å². The van der Waals surface area contributed by atoms with Crippen LogP contribution in [0.1, 0.15) is 40.0 Å². The summed E-state index contributed by atoms with van der Waals surface area (Å²) < 4.78 is 5.16. The molecule has 2 nitrogen and oxygen atoms in total. The van der Waals surface area contributed by atoms with Crippen LogP contribution in [0.2, 0.25) is 19.6 Å². The number of allylic oxidation sites excluding steroid dienone is 1. The molecule has 0 rings (SSSR count). The predicted octanol–water partition coefficient (Wildman–Crippen LogP) is 3.94. The second kappa shape index (κ2) is 7.43. The highest BCUT2D eigenvalue weighted by atomic mass is 28.3. The molecule has 0 aromatic heterocycles. The molecule has 18 heavy (non-hydrogen) atoms. The van der Waals surface area contributed by atoms with Crippen LogP contribution in [0.4, 0.5) is 0 Å². The summed E-state index contributed by atoms with van der Waals surface area (Å²) in [5.41, 5.74) is 2.91. The minimum absolute atomic E-state index is 0.268. The number of rotatable bonds is 4. The zero-order valence-electron chi connectivity index (χ0n) is 12.6. The smallest absolute Gasteiger partial charge is 0.330 e. The first-order valence-electron chi connectivity index (χ1n) is 6.50. The number of unbranched alkanes of at least 4 members (excludes halogenated alkanes) is 2. The zero-order chi connectivity index (χ0) is 14.2. The number of hydrogen-bond donors (Lipinski definition) is 0. The van der Waals surface area contributed by atoms with Gasteiger partial charge in [0.2, 0.25) is 0 Å². The van der Waals surface area contributed by atoms with Gasteiger partial charge < -0.3 is 4.74 Å². The molecule has 0 aliphatic rings. The highest BCUT2D eigenvalue weighted by Gasteiger charge is 2.13. The maximum atomic E-state index is 11.3. The molecule has 0 N–H and O–H groups in total. The van der Waals surface area contributed by atoms with Crippen LogP contribution < -0.4 is 0 Å². The second-order valence-corrected chi connectivity index (χ2v) is 11.1. The average Bonchev–Trinajstić information content (AvgIpc) is 2.11. The lowest BCUT2D eigenvalue weighted by Crippen LogP contribution is -2.22. The van der Waals surface area contributed by atoms with E-state index < -0.39 is 13.7 Å². The molecule has 0 saturated heterocycles. The highest BCUT2D eigenvalue weighted by molar-refractivity contribution is 6.83. The summed E-state index contributed by atoms with van der Waals surface area (Å²) >= 11 is 0. The van der Waals surface area contributed by atoms with Gasteiger partial charge in [-0.3, -0.25) is 0 Å². The first-order chi connectivity index (χ1) is 8.10. The molecule has 3 heteroatoms. The molecule has 0 fully saturated rings. The highest BCUT2D eigenvalue weighted by Crippen LogP contribution is 2.07. The number of carbonyl (C=O) groups excluding carboxylic acids is 1. The molecule has 102 valence electrons. The molecule has 0 aliphatic carbocycles. The van der Waals surface area contributed by atoms with Crippen molar-refractivity contribution in [2.75, 3.05) is 0 Å². The van der Waals surface area contributed by atoms with E-state index in [9.17, 15) is 4.79 Å². The van der Waals surface area contributed by atoms with Crippen LogP contribution in [0.5, 0.6) is 0 Å². The second-order valence-electron chi connectivity index (χ2n) is 6.38. The lowest BCUT2D eigenvalue weighted by Gasteiger charge is -2.17. The summed E-state index contributed by atoms with van der Waals surface area (Å²) in [5, 5.41) is 0. The Morgan fingerprint density at radius 1 is 1.28 bits per heavy atom. The topological polar surface area (TPSA) is 26.3 Å². The summed E-state index contributed by atoms with van der Waals surface area (Å²) in [7, 11) is -1.22. The van der Waals surface area contributed by atoms with E-state index in [2.05, 4.69) is 31.1 Å². The summed E-state index contributed by atoms with van der Waals surface area (Å²) in [5.74, 6) is 2.95. The Morgan fingerprint density at radius 2 is 1.89 bits per heavy atom. The van der Waals surface area contributed by atoms with Gasteiger partial charge in [-0.2, -0.15) is 0 Å². The Morgan fingerprint density at radius 3 is 2.39 bits per heavy atom. The Kier molecular flexibility index (Phi) is 7.01. The van der Waals surface area contributed by atoms with Gasteiger partial charge in [-0.05, 0) is 33.6 Å². The molecular weight excluding hydrogens is 240 g/mol. The third-order valence-corrected chi connectivity index (χ3v) is 2.72. The fourth-order valence-electron chi connectivity index (χ4n) is 1.15. The van der Waals surface area contributed by atoms with Gasteiger partial charge in [0, 0.05) is 12.5 Å². The van der Waals surface area contributed by atoms with Crippen LogP contribution in [0.25, 0.3) is 0 Å². The van der Waals surface area contributed by atoms with Gasteiger partial charge in [0.15, 0.2) is 0 Å². The van der Waals surface area contributed by atoms with Crippen molar-refractivity contribution in [1.29, 1.82) is 0 Å². The van der Waals surface area contributed by atoms with Crippen LogP contribution in [0.3, 0.4) is 0 Å². The predicted molar refractivity (Wildman–Crippen MR) is 80.0 cm³/mol. The molecule has 0 amide bonds. The van der Waals surface area contributed by atoms with Crippen molar-refractivity contribution >= 4 is 14.0 Å². The summed E-state index contributed by atoms with van der Waals surface area (Å²) in [4.78, 5) is 11.3. The Hall–Kier alpha value is -1.01. The normalized spacial score (nSPS) is 12.1. The zero-order valence-corrected chi connectivity index (χ0v) is 13.6. The van der Waals surface area contributed by atoms with Gasteiger partial charge in [-0.1, -0.05) is 25.7 Å². The van der Waals surface area contributed by atoms with Gasteiger partial charge in [-0.15, -0.1) is 11.5 Å². The van der Waals surface area contributed by atoms with Gasteiger partial charge in [-0.25, -0.2) is 4.79 Å². The molecule has 0 spiro atoms. The summed E-state index contributed by atoms with van der Waals surface area (Å²) in [6, 6.07) is 0. The lowest BCUT2D eigenvalue weighted by atomic mass is 10.2. The number of ether oxygens (including phenoxy) is 1. The average molecular weight is 266 g/mol. The van der Waals surface area contributed by atoms with Gasteiger partial charge in [0.05, 0.1) is 0 Å². The van der Waals surface area contributed by atoms with E-state index in [1.807, 2.05) is 26.8 Å². The molecule has 0 aliphatic heterocycles. The van der Waals surface area contributed by atoms with E-state index in [0.29, 0.717) is 0 Å². The fourth-order valence-corrected chi connectivity index (χ4v) is 1.81. The molecule has 0 atom stereocenters. The van der Waals surface area contributed by atoms with Crippen molar-refractivity contribution in [3.8, 4) is 11.5 Å². The van der Waals surface area contributed by atoms with E-state index in [-0.39, 0.29) is 5.97 Å². The molecule has 0 heterocycles. The quantitative estimate of drug-likeness (QED) is 0.253. The Bertz CT molecular complexity index is 345. The van der Waals surface area contributed by atoms with Crippen molar-refractivity contribution in [1.82, 2.24) is 0 Å². The maximum Gasteiger partial charge on any atom is 0.330 e.